The fourth-order valence-electron chi connectivity index (χ4n) is 2.27. The third-order valence-electron chi connectivity index (χ3n) is 3.40. The fraction of sp³-hybridized carbons (Fsp3) is 0.385. The summed E-state index contributed by atoms with van der Waals surface area (Å²) in [6, 6.07) is 3.98. The minimum absolute atomic E-state index is 0.291. The molecule has 1 aliphatic rings. The van der Waals surface area contributed by atoms with Gasteiger partial charge in [0.25, 0.3) is 0 Å². The zero-order valence-electron chi connectivity index (χ0n) is 10.7. The normalized spacial score (nSPS) is 16.6. The van der Waals surface area contributed by atoms with Gasteiger partial charge in [0.05, 0.1) is 10.0 Å². The first kappa shape index (κ1) is 14.1. The highest BCUT2D eigenvalue weighted by molar-refractivity contribution is 7.20. The third-order valence-corrected chi connectivity index (χ3v) is 4.89. The van der Waals surface area contributed by atoms with E-state index in [9.17, 15) is 0 Å². The molecule has 1 fully saturated rings. The summed E-state index contributed by atoms with van der Waals surface area (Å²) >= 11 is 13.5. The average Bonchev–Trinajstić information content (AvgIpc) is 2.79. The van der Waals surface area contributed by atoms with Crippen molar-refractivity contribution in [2.75, 3.05) is 18.0 Å². The van der Waals surface area contributed by atoms with E-state index >= 15 is 0 Å². The van der Waals surface area contributed by atoms with E-state index in [-0.39, 0.29) is 0 Å². The van der Waals surface area contributed by atoms with Gasteiger partial charge in [-0.1, -0.05) is 23.2 Å². The van der Waals surface area contributed by atoms with Gasteiger partial charge in [-0.15, -0.1) is 11.3 Å². The van der Waals surface area contributed by atoms with Gasteiger partial charge in [0.15, 0.2) is 0 Å². The van der Waals surface area contributed by atoms with Crippen LogP contribution in [-0.4, -0.2) is 29.1 Å². The van der Waals surface area contributed by atoms with Crippen LogP contribution in [0.2, 0.25) is 8.67 Å². The number of hydrogen-bond donors (Lipinski definition) is 1. The molecule has 2 aromatic rings. The number of aromatic nitrogens is 2. The Morgan fingerprint density at radius 1 is 1.30 bits per heavy atom. The van der Waals surface area contributed by atoms with E-state index in [1.807, 2.05) is 12.1 Å². The van der Waals surface area contributed by atoms with Crippen LogP contribution in [0.5, 0.6) is 0 Å². The largest absolute Gasteiger partial charge is 0.341 e. The molecule has 2 aromatic heterocycles. The van der Waals surface area contributed by atoms with Crippen molar-refractivity contribution in [3.05, 3.63) is 27.0 Å². The molecule has 7 heteroatoms. The Labute approximate surface area is 131 Å². The van der Waals surface area contributed by atoms with Gasteiger partial charge in [0.2, 0.25) is 5.95 Å². The van der Waals surface area contributed by atoms with E-state index in [0.717, 1.165) is 43.1 Å². The molecule has 0 unspecified atom stereocenters. The molecule has 1 saturated heterocycles. The van der Waals surface area contributed by atoms with Gasteiger partial charge in [-0.25, -0.2) is 9.97 Å². The maximum atomic E-state index is 6.18. The van der Waals surface area contributed by atoms with Crippen LogP contribution in [0.25, 0.3) is 11.3 Å². The van der Waals surface area contributed by atoms with Crippen molar-refractivity contribution in [3.63, 3.8) is 0 Å². The number of rotatable bonds is 2. The molecular weight excluding hydrogens is 315 g/mol. The van der Waals surface area contributed by atoms with Crippen molar-refractivity contribution in [3.8, 4) is 11.3 Å². The van der Waals surface area contributed by atoms with Crippen molar-refractivity contribution in [1.82, 2.24) is 9.97 Å². The van der Waals surface area contributed by atoms with Crippen LogP contribution >= 0.6 is 34.5 Å². The minimum Gasteiger partial charge on any atom is -0.341 e. The van der Waals surface area contributed by atoms with Crippen molar-refractivity contribution < 1.29 is 0 Å². The second-order valence-corrected chi connectivity index (χ2v) is 7.09. The van der Waals surface area contributed by atoms with Gasteiger partial charge in [0, 0.05) is 30.9 Å². The third kappa shape index (κ3) is 2.91. The number of nitrogens with zero attached hydrogens (tertiary/aromatic N) is 3. The van der Waals surface area contributed by atoms with Gasteiger partial charge in [0.1, 0.15) is 4.34 Å². The van der Waals surface area contributed by atoms with Crippen molar-refractivity contribution in [2.24, 2.45) is 5.73 Å². The Hall–Kier alpha value is -0.880. The second-order valence-electron chi connectivity index (χ2n) is 4.80. The molecule has 1 aliphatic heterocycles. The van der Waals surface area contributed by atoms with Crippen LogP contribution in [-0.2, 0) is 0 Å². The van der Waals surface area contributed by atoms with Crippen LogP contribution in [0.15, 0.2) is 18.3 Å². The smallest absolute Gasteiger partial charge is 0.225 e. The zero-order valence-corrected chi connectivity index (χ0v) is 13.0. The number of nitrogens with two attached hydrogens (primary N) is 1. The van der Waals surface area contributed by atoms with Crippen molar-refractivity contribution in [1.29, 1.82) is 0 Å². The molecule has 106 valence electrons. The molecule has 3 rings (SSSR count). The van der Waals surface area contributed by atoms with Gasteiger partial charge in [-0.3, -0.25) is 0 Å². The predicted molar refractivity (Wildman–Crippen MR) is 84.8 cm³/mol. The van der Waals surface area contributed by atoms with Gasteiger partial charge in [-0.2, -0.15) is 0 Å². The molecule has 2 N–H and O–H groups in total. The maximum absolute atomic E-state index is 6.18. The Balaban J connectivity index is 1.88. The molecule has 0 aliphatic carbocycles. The SMILES string of the molecule is NC1CCN(c2nccc(-c3cc(Cl)sc3Cl)n2)CC1. The minimum atomic E-state index is 0.291. The van der Waals surface area contributed by atoms with Crippen LogP contribution in [0.4, 0.5) is 5.95 Å². The summed E-state index contributed by atoms with van der Waals surface area (Å²) in [6.07, 6.45) is 3.70. The first-order valence-corrected chi connectivity index (χ1v) is 7.99. The summed E-state index contributed by atoms with van der Waals surface area (Å²) < 4.78 is 1.31. The molecule has 0 spiro atoms. The van der Waals surface area contributed by atoms with E-state index < -0.39 is 0 Å². The monoisotopic (exact) mass is 328 g/mol. The maximum Gasteiger partial charge on any atom is 0.225 e. The standard InChI is InChI=1S/C13H14Cl2N4S/c14-11-7-9(12(15)20-11)10-1-4-17-13(18-10)19-5-2-8(16)3-6-19/h1,4,7-8H,2-3,5-6,16H2. The van der Waals surface area contributed by atoms with Gasteiger partial charge >= 0.3 is 0 Å². The summed E-state index contributed by atoms with van der Waals surface area (Å²) in [4.78, 5) is 11.1. The lowest BCUT2D eigenvalue weighted by molar-refractivity contribution is 0.495. The van der Waals surface area contributed by atoms with Crippen LogP contribution in [0.1, 0.15) is 12.8 Å². The highest BCUT2D eigenvalue weighted by Crippen LogP contribution is 2.37. The lowest BCUT2D eigenvalue weighted by Crippen LogP contribution is -2.40. The Morgan fingerprint density at radius 3 is 2.70 bits per heavy atom. The number of thiophene rings is 1. The van der Waals surface area contributed by atoms with E-state index in [0.29, 0.717) is 14.7 Å². The molecule has 0 saturated carbocycles. The second kappa shape index (κ2) is 5.85. The molecule has 20 heavy (non-hydrogen) atoms. The molecule has 0 amide bonds. The highest BCUT2D eigenvalue weighted by atomic mass is 35.5. The molecule has 0 bridgehead atoms. The quantitative estimate of drug-likeness (QED) is 0.917. The highest BCUT2D eigenvalue weighted by Gasteiger charge is 2.19. The van der Waals surface area contributed by atoms with Crippen LogP contribution < -0.4 is 10.6 Å². The predicted octanol–water partition coefficient (Wildman–Crippen LogP) is 3.44. The summed E-state index contributed by atoms with van der Waals surface area (Å²) in [5.74, 6) is 0.729. The molecule has 4 nitrogen and oxygen atoms in total. The molecule has 3 heterocycles. The number of halogens is 2. The van der Waals surface area contributed by atoms with Gasteiger partial charge in [-0.05, 0) is 25.0 Å². The Kier molecular flexibility index (Phi) is 4.12. The fourth-order valence-corrected chi connectivity index (χ4v) is 3.75. The number of anilines is 1. The lowest BCUT2D eigenvalue weighted by Gasteiger charge is -2.30. The summed E-state index contributed by atoms with van der Waals surface area (Å²) in [5.41, 5.74) is 7.58. The van der Waals surface area contributed by atoms with Crippen molar-refractivity contribution in [2.45, 2.75) is 18.9 Å². The van der Waals surface area contributed by atoms with E-state index in [4.69, 9.17) is 28.9 Å². The molecule has 0 aromatic carbocycles. The number of piperidine rings is 1. The Bertz CT molecular complexity index is 608. The van der Waals surface area contributed by atoms with Crippen LogP contribution in [0, 0.1) is 0 Å². The zero-order chi connectivity index (χ0) is 14.1. The lowest BCUT2D eigenvalue weighted by atomic mass is 10.1. The first-order chi connectivity index (χ1) is 9.63. The average molecular weight is 329 g/mol. The summed E-state index contributed by atoms with van der Waals surface area (Å²) in [5, 5.41) is 0. The Morgan fingerprint density at radius 2 is 2.05 bits per heavy atom. The van der Waals surface area contributed by atoms with Gasteiger partial charge < -0.3 is 10.6 Å². The molecule has 0 radical (unpaired) electrons. The number of hydrogen-bond acceptors (Lipinski definition) is 5. The van der Waals surface area contributed by atoms with Crippen molar-refractivity contribution >= 4 is 40.5 Å². The topological polar surface area (TPSA) is 55.0 Å². The van der Waals surface area contributed by atoms with E-state index in [1.165, 1.54) is 11.3 Å². The summed E-state index contributed by atoms with van der Waals surface area (Å²) in [7, 11) is 0. The van der Waals surface area contributed by atoms with E-state index in [2.05, 4.69) is 14.9 Å². The van der Waals surface area contributed by atoms with Crippen LogP contribution in [0.3, 0.4) is 0 Å². The summed E-state index contributed by atoms with van der Waals surface area (Å²) in [6.45, 7) is 1.78. The molecule has 0 atom stereocenters. The molecular formula is C13H14Cl2N4S. The first-order valence-electron chi connectivity index (χ1n) is 6.42. The van der Waals surface area contributed by atoms with E-state index in [1.54, 1.807) is 6.20 Å².